The molecule has 1 aromatic carbocycles. The first-order chi connectivity index (χ1) is 17.5. The number of aryl methyl sites for hydroxylation is 1. The number of hydrogen-bond donors (Lipinski definition) is 2. The van der Waals surface area contributed by atoms with E-state index in [0.29, 0.717) is 44.7 Å². The summed E-state index contributed by atoms with van der Waals surface area (Å²) in [7, 11) is 0. The second-order valence-corrected chi connectivity index (χ2v) is 12.5. The minimum Gasteiger partial charge on any atom is -0.481 e. The summed E-state index contributed by atoms with van der Waals surface area (Å²) in [5, 5.41) is 14.6. The fourth-order valence-electron chi connectivity index (χ4n) is 6.06. The highest BCUT2D eigenvalue weighted by Gasteiger charge is 2.49. The SMILES string of the molecule is Cc1nc(N2CC([C@H]3CCCN([C@H]4C[C@](C)(C(=O)O)C4)C3)C2)nc(N[C@H](C)c2ccc(Cl)cc2Cl)c1Cl. The lowest BCUT2D eigenvalue weighted by molar-refractivity contribution is -0.158. The van der Waals surface area contributed by atoms with Gasteiger partial charge in [0.2, 0.25) is 5.95 Å². The van der Waals surface area contributed by atoms with Gasteiger partial charge in [-0.3, -0.25) is 4.79 Å². The van der Waals surface area contributed by atoms with Crippen LogP contribution >= 0.6 is 34.8 Å². The summed E-state index contributed by atoms with van der Waals surface area (Å²) in [5.74, 6) is 1.85. The molecule has 1 saturated carbocycles. The summed E-state index contributed by atoms with van der Waals surface area (Å²) >= 11 is 19.0. The zero-order valence-corrected chi connectivity index (χ0v) is 23.7. The van der Waals surface area contributed by atoms with Crippen LogP contribution in [0, 0.1) is 24.2 Å². The highest BCUT2D eigenvalue weighted by atomic mass is 35.5. The van der Waals surface area contributed by atoms with Crippen molar-refractivity contribution < 1.29 is 9.90 Å². The number of carboxylic acid groups (broad SMARTS) is 1. The zero-order chi connectivity index (χ0) is 26.5. The van der Waals surface area contributed by atoms with Crippen molar-refractivity contribution in [2.45, 2.75) is 58.5 Å². The van der Waals surface area contributed by atoms with Crippen molar-refractivity contribution in [2.75, 3.05) is 36.4 Å². The number of anilines is 2. The number of hydrogen-bond acceptors (Lipinski definition) is 6. The number of halogens is 3. The largest absolute Gasteiger partial charge is 0.481 e. The lowest BCUT2D eigenvalue weighted by atomic mass is 9.65. The first-order valence-corrected chi connectivity index (χ1v) is 14.2. The Kier molecular flexibility index (Phi) is 7.53. The Balaban J connectivity index is 1.20. The predicted molar refractivity (Wildman–Crippen MR) is 149 cm³/mol. The normalized spacial score (nSPS) is 27.4. The molecule has 0 radical (unpaired) electrons. The van der Waals surface area contributed by atoms with E-state index in [2.05, 4.69) is 20.1 Å². The molecule has 1 aromatic heterocycles. The molecule has 0 unspecified atom stereocenters. The van der Waals surface area contributed by atoms with Gasteiger partial charge in [-0.15, -0.1) is 0 Å². The number of piperidine rings is 1. The van der Waals surface area contributed by atoms with Gasteiger partial charge in [-0.05, 0) is 82.5 Å². The second-order valence-electron chi connectivity index (χ2n) is 11.3. The van der Waals surface area contributed by atoms with Crippen LogP contribution in [-0.2, 0) is 4.79 Å². The van der Waals surface area contributed by atoms with Crippen molar-refractivity contribution in [2.24, 2.45) is 17.3 Å². The molecule has 3 fully saturated rings. The third kappa shape index (κ3) is 5.38. The summed E-state index contributed by atoms with van der Waals surface area (Å²) in [4.78, 5) is 25.7. The van der Waals surface area contributed by atoms with E-state index in [9.17, 15) is 9.90 Å². The number of rotatable bonds is 7. The van der Waals surface area contributed by atoms with Crippen molar-refractivity contribution in [3.8, 4) is 0 Å². The number of aromatic nitrogens is 2. The Labute approximate surface area is 233 Å². The molecular formula is C27H34Cl3N5O2. The van der Waals surface area contributed by atoms with Crippen LogP contribution < -0.4 is 10.2 Å². The van der Waals surface area contributed by atoms with Crippen molar-refractivity contribution in [1.82, 2.24) is 14.9 Å². The molecule has 5 rings (SSSR count). The topological polar surface area (TPSA) is 81.6 Å². The maximum absolute atomic E-state index is 11.5. The fraction of sp³-hybridized carbons (Fsp3) is 0.593. The van der Waals surface area contributed by atoms with Crippen molar-refractivity contribution in [3.05, 3.63) is 44.5 Å². The van der Waals surface area contributed by atoms with Crippen LogP contribution in [0.2, 0.25) is 15.1 Å². The molecule has 3 heterocycles. The number of carboxylic acids is 1. The van der Waals surface area contributed by atoms with Crippen LogP contribution in [0.5, 0.6) is 0 Å². The highest BCUT2D eigenvalue weighted by molar-refractivity contribution is 6.35. The minimum absolute atomic E-state index is 0.115. The summed E-state index contributed by atoms with van der Waals surface area (Å²) in [6.45, 7) is 9.78. The lowest BCUT2D eigenvalue weighted by Gasteiger charge is -2.52. The molecule has 2 N–H and O–H groups in total. The maximum atomic E-state index is 11.5. The van der Waals surface area contributed by atoms with Crippen LogP contribution in [0.25, 0.3) is 0 Å². The molecule has 10 heteroatoms. The number of benzene rings is 1. The van der Waals surface area contributed by atoms with Crippen LogP contribution in [0.3, 0.4) is 0 Å². The van der Waals surface area contributed by atoms with Crippen molar-refractivity contribution in [1.29, 1.82) is 0 Å². The van der Waals surface area contributed by atoms with Crippen LogP contribution in [0.15, 0.2) is 18.2 Å². The molecule has 0 bridgehead atoms. The summed E-state index contributed by atoms with van der Waals surface area (Å²) < 4.78 is 0. The van der Waals surface area contributed by atoms with Crippen molar-refractivity contribution >= 4 is 52.5 Å². The summed E-state index contributed by atoms with van der Waals surface area (Å²) in [6.07, 6.45) is 3.93. The Morgan fingerprint density at radius 3 is 2.57 bits per heavy atom. The van der Waals surface area contributed by atoms with Crippen molar-refractivity contribution in [3.63, 3.8) is 0 Å². The molecule has 2 atom stereocenters. The first-order valence-electron chi connectivity index (χ1n) is 13.0. The van der Waals surface area contributed by atoms with Gasteiger partial charge in [0.05, 0.1) is 17.2 Å². The number of aliphatic carboxylic acids is 1. The van der Waals surface area contributed by atoms with Crippen LogP contribution in [0.1, 0.15) is 56.8 Å². The molecule has 3 aliphatic rings. The average molecular weight is 567 g/mol. The Bertz CT molecular complexity index is 1180. The standard InChI is InChI=1S/C27H34Cl3N5O2/c1-15(21-7-6-19(28)9-22(21)29)31-24-23(30)16(2)32-26(33-24)35-13-18(14-35)17-5-4-8-34(12-17)20-10-27(3,11-20)25(36)37/h6-7,9,15,17-18,20H,4-5,8,10-14H2,1-3H3,(H,36,37)(H,31,32,33)/t15-,17+,20-,27-/m1/s1. The van der Waals surface area contributed by atoms with Crippen LogP contribution in [-0.4, -0.2) is 58.2 Å². The molecule has 1 aliphatic carbocycles. The number of likely N-dealkylation sites (tertiary alicyclic amines) is 1. The van der Waals surface area contributed by atoms with Gasteiger partial charge < -0.3 is 20.2 Å². The van der Waals surface area contributed by atoms with E-state index in [1.807, 2.05) is 32.9 Å². The van der Waals surface area contributed by atoms with E-state index in [0.717, 1.165) is 50.3 Å². The van der Waals surface area contributed by atoms with E-state index in [-0.39, 0.29) is 6.04 Å². The summed E-state index contributed by atoms with van der Waals surface area (Å²) in [5.41, 5.74) is 1.11. The number of nitrogens with one attached hydrogen (secondary N) is 1. The minimum atomic E-state index is -0.662. The zero-order valence-electron chi connectivity index (χ0n) is 21.5. The van der Waals surface area contributed by atoms with E-state index in [1.165, 1.54) is 12.8 Å². The quantitative estimate of drug-likeness (QED) is 0.406. The smallest absolute Gasteiger partial charge is 0.309 e. The number of nitrogens with zero attached hydrogens (tertiary/aromatic N) is 4. The molecule has 7 nitrogen and oxygen atoms in total. The Hall–Kier alpha value is -1.80. The van der Waals surface area contributed by atoms with Gasteiger partial charge in [-0.25, -0.2) is 4.98 Å². The molecule has 0 spiro atoms. The average Bonchev–Trinajstić information content (AvgIpc) is 2.79. The molecule has 0 amide bonds. The molecule has 2 saturated heterocycles. The van der Waals surface area contributed by atoms with Gasteiger partial charge in [-0.2, -0.15) is 4.98 Å². The highest BCUT2D eigenvalue weighted by Crippen LogP contribution is 2.45. The fourth-order valence-corrected chi connectivity index (χ4v) is 6.77. The third-order valence-corrected chi connectivity index (χ3v) is 9.56. The van der Waals surface area contributed by atoms with Crippen LogP contribution in [0.4, 0.5) is 11.8 Å². The van der Waals surface area contributed by atoms with E-state index < -0.39 is 11.4 Å². The lowest BCUT2D eigenvalue weighted by Crippen LogP contribution is -2.58. The third-order valence-electron chi connectivity index (χ3n) is 8.54. The first kappa shape index (κ1) is 26.8. The van der Waals surface area contributed by atoms with E-state index >= 15 is 0 Å². The van der Waals surface area contributed by atoms with Gasteiger partial charge >= 0.3 is 5.97 Å². The van der Waals surface area contributed by atoms with Gasteiger partial charge in [0.1, 0.15) is 5.02 Å². The van der Waals surface area contributed by atoms with Gasteiger partial charge in [-0.1, -0.05) is 40.9 Å². The Morgan fingerprint density at radius 1 is 1.16 bits per heavy atom. The Morgan fingerprint density at radius 2 is 1.89 bits per heavy atom. The molecule has 200 valence electrons. The monoisotopic (exact) mass is 565 g/mol. The molecule has 2 aromatic rings. The number of carbonyl (C=O) groups is 1. The molecular weight excluding hydrogens is 533 g/mol. The summed E-state index contributed by atoms with van der Waals surface area (Å²) in [6, 6.07) is 5.76. The van der Waals surface area contributed by atoms with Gasteiger partial charge in [0.15, 0.2) is 5.82 Å². The van der Waals surface area contributed by atoms with E-state index in [1.54, 1.807) is 6.07 Å². The van der Waals surface area contributed by atoms with Gasteiger partial charge in [0, 0.05) is 35.7 Å². The predicted octanol–water partition coefficient (Wildman–Crippen LogP) is 6.32. The second kappa shape index (κ2) is 10.4. The molecule has 2 aliphatic heterocycles. The van der Waals surface area contributed by atoms with E-state index in [4.69, 9.17) is 39.8 Å². The molecule has 37 heavy (non-hydrogen) atoms. The van der Waals surface area contributed by atoms with Gasteiger partial charge in [0.25, 0.3) is 0 Å². The maximum Gasteiger partial charge on any atom is 0.309 e.